The molecule has 3 aromatic rings. The van der Waals surface area contributed by atoms with E-state index in [0.717, 1.165) is 11.3 Å². The van der Waals surface area contributed by atoms with Crippen LogP contribution < -0.4 is 10.6 Å². The third-order valence-corrected chi connectivity index (χ3v) is 5.88. The largest absolute Gasteiger partial charge is 0.465 e. The smallest absolute Gasteiger partial charge is 0.412 e. The van der Waals surface area contributed by atoms with Crippen LogP contribution in [0.15, 0.2) is 66.9 Å². The van der Waals surface area contributed by atoms with Crippen LogP contribution in [0.25, 0.3) is 11.3 Å². The number of hydrogen-bond donors (Lipinski definition) is 2. The Morgan fingerprint density at radius 2 is 1.74 bits per heavy atom. The lowest BCUT2D eigenvalue weighted by atomic mass is 10.1. The van der Waals surface area contributed by atoms with Crippen LogP contribution in [0.4, 0.5) is 16.4 Å². The predicted octanol–water partition coefficient (Wildman–Crippen LogP) is 3.13. The van der Waals surface area contributed by atoms with Gasteiger partial charge < -0.3 is 24.3 Å². The van der Waals surface area contributed by atoms with E-state index in [-0.39, 0.29) is 24.3 Å². The number of rotatable bonds is 6. The van der Waals surface area contributed by atoms with Gasteiger partial charge in [-0.15, -0.1) is 0 Å². The fraction of sp³-hybridized carbons (Fsp3) is 0.280. The Morgan fingerprint density at radius 3 is 2.57 bits per heavy atom. The first-order chi connectivity index (χ1) is 17.1. The van der Waals surface area contributed by atoms with Crippen LogP contribution in [-0.2, 0) is 18.9 Å². The second-order valence-corrected chi connectivity index (χ2v) is 8.08. The van der Waals surface area contributed by atoms with Gasteiger partial charge in [0.2, 0.25) is 5.95 Å². The van der Waals surface area contributed by atoms with E-state index in [1.54, 1.807) is 30.5 Å². The van der Waals surface area contributed by atoms with Crippen LogP contribution in [0.3, 0.4) is 0 Å². The monoisotopic (exact) mass is 476 g/mol. The van der Waals surface area contributed by atoms with Crippen LogP contribution in [0.1, 0.15) is 10.4 Å². The number of hydrogen-bond acceptors (Lipinski definition) is 9. The van der Waals surface area contributed by atoms with Crippen molar-refractivity contribution in [3.8, 4) is 11.3 Å². The number of carbonyl (C=O) groups is 2. The first kappa shape index (κ1) is 22.8. The van der Waals surface area contributed by atoms with Gasteiger partial charge in [0.25, 0.3) is 0 Å². The standard InChI is InChI=1S/C25H24N4O6/c1-32-23(30)16-9-5-6-10-18(16)29-25(31)35-20-14-34-21-19(13-33-22(20)21)28-24-26-12-11-17(27-24)15-7-3-2-4-8-15/h2-12,19-22H,13-14H2,1H3,(H,29,31)(H,26,27,28). The number of para-hydroxylation sites is 1. The first-order valence-electron chi connectivity index (χ1n) is 11.2. The summed E-state index contributed by atoms with van der Waals surface area (Å²) < 4.78 is 22.1. The highest BCUT2D eigenvalue weighted by molar-refractivity contribution is 5.99. The highest BCUT2D eigenvalue weighted by Crippen LogP contribution is 2.31. The molecule has 0 saturated carbocycles. The predicted molar refractivity (Wildman–Crippen MR) is 126 cm³/mol. The molecule has 1 amide bonds. The Morgan fingerprint density at radius 1 is 0.971 bits per heavy atom. The van der Waals surface area contributed by atoms with E-state index in [0.29, 0.717) is 18.2 Å². The molecule has 180 valence electrons. The van der Waals surface area contributed by atoms with E-state index in [1.165, 1.54) is 7.11 Å². The Kier molecular flexibility index (Phi) is 6.55. The van der Waals surface area contributed by atoms with Crippen LogP contribution in [0.2, 0.25) is 0 Å². The van der Waals surface area contributed by atoms with Crippen molar-refractivity contribution in [2.75, 3.05) is 31.0 Å². The number of benzene rings is 2. The van der Waals surface area contributed by atoms with Crippen molar-refractivity contribution < 1.29 is 28.5 Å². The van der Waals surface area contributed by atoms with Gasteiger partial charge >= 0.3 is 12.1 Å². The molecule has 2 saturated heterocycles. The van der Waals surface area contributed by atoms with Gasteiger partial charge in [0.05, 0.1) is 43.3 Å². The van der Waals surface area contributed by atoms with Crippen molar-refractivity contribution in [2.45, 2.75) is 24.4 Å². The van der Waals surface area contributed by atoms with Crippen molar-refractivity contribution in [3.05, 3.63) is 72.4 Å². The van der Waals surface area contributed by atoms with E-state index in [9.17, 15) is 9.59 Å². The fourth-order valence-electron chi connectivity index (χ4n) is 4.21. The van der Waals surface area contributed by atoms with Crippen molar-refractivity contribution in [1.82, 2.24) is 9.97 Å². The summed E-state index contributed by atoms with van der Waals surface area (Å²) in [6, 6.07) is 18.0. The number of ether oxygens (including phenoxy) is 4. The second-order valence-electron chi connectivity index (χ2n) is 8.08. The summed E-state index contributed by atoms with van der Waals surface area (Å²) in [5, 5.41) is 5.88. The fourth-order valence-corrected chi connectivity index (χ4v) is 4.21. The SMILES string of the molecule is COC(=O)c1ccccc1NC(=O)OC1COC2C(Nc3nccc(-c4ccccc4)n3)COC12. The number of amides is 1. The summed E-state index contributed by atoms with van der Waals surface area (Å²) in [6.07, 6.45) is -0.392. The van der Waals surface area contributed by atoms with Crippen LogP contribution >= 0.6 is 0 Å². The molecule has 2 N–H and O–H groups in total. The van der Waals surface area contributed by atoms with E-state index in [1.807, 2.05) is 36.4 Å². The lowest BCUT2D eigenvalue weighted by Crippen LogP contribution is -2.38. The van der Waals surface area contributed by atoms with Crippen LogP contribution in [0, 0.1) is 0 Å². The molecule has 0 aliphatic carbocycles. The summed E-state index contributed by atoms with van der Waals surface area (Å²) in [4.78, 5) is 33.4. The molecule has 2 aliphatic heterocycles. The molecule has 2 aromatic carbocycles. The topological polar surface area (TPSA) is 121 Å². The minimum Gasteiger partial charge on any atom is -0.465 e. The zero-order valence-electron chi connectivity index (χ0n) is 18.9. The number of carbonyl (C=O) groups excluding carboxylic acids is 2. The molecule has 4 unspecified atom stereocenters. The molecule has 5 rings (SSSR count). The highest BCUT2D eigenvalue weighted by atomic mass is 16.6. The molecule has 1 aromatic heterocycles. The Bertz CT molecular complexity index is 1210. The van der Waals surface area contributed by atoms with Gasteiger partial charge in [-0.1, -0.05) is 42.5 Å². The van der Waals surface area contributed by atoms with Gasteiger partial charge in [0.1, 0.15) is 12.2 Å². The second kappa shape index (κ2) is 10.1. The number of nitrogens with zero attached hydrogens (tertiary/aromatic N) is 2. The molecule has 2 aliphatic rings. The molecule has 0 bridgehead atoms. The van der Waals surface area contributed by atoms with E-state index in [2.05, 4.69) is 20.6 Å². The van der Waals surface area contributed by atoms with Crippen molar-refractivity contribution >= 4 is 23.7 Å². The highest BCUT2D eigenvalue weighted by Gasteiger charge is 2.49. The Hall–Kier alpha value is -4.02. The zero-order valence-corrected chi connectivity index (χ0v) is 18.9. The number of anilines is 2. The first-order valence-corrected chi connectivity index (χ1v) is 11.2. The molecular formula is C25H24N4O6. The zero-order chi connectivity index (χ0) is 24.2. The normalized spacial score (nSPS) is 22.8. The summed E-state index contributed by atoms with van der Waals surface area (Å²) >= 11 is 0. The maximum absolute atomic E-state index is 12.5. The van der Waals surface area contributed by atoms with Crippen molar-refractivity contribution in [2.24, 2.45) is 0 Å². The van der Waals surface area contributed by atoms with Crippen LogP contribution in [-0.4, -0.2) is 66.7 Å². The minimum absolute atomic E-state index is 0.185. The minimum atomic E-state index is -0.713. The summed E-state index contributed by atoms with van der Waals surface area (Å²) in [5.74, 6) is -0.0949. The molecule has 0 radical (unpaired) electrons. The lowest BCUT2D eigenvalue weighted by Gasteiger charge is -2.18. The Labute approximate surface area is 201 Å². The van der Waals surface area contributed by atoms with Crippen LogP contribution in [0.5, 0.6) is 0 Å². The lowest BCUT2D eigenvalue weighted by molar-refractivity contribution is 0.00916. The molecule has 3 heterocycles. The van der Waals surface area contributed by atoms with Gasteiger partial charge in [0.15, 0.2) is 6.10 Å². The molecule has 0 spiro atoms. The molecule has 4 atom stereocenters. The van der Waals surface area contributed by atoms with Gasteiger partial charge in [-0.3, -0.25) is 5.32 Å². The average Bonchev–Trinajstić information content (AvgIpc) is 3.48. The van der Waals surface area contributed by atoms with Gasteiger partial charge in [-0.2, -0.15) is 0 Å². The van der Waals surface area contributed by atoms with Gasteiger partial charge in [-0.05, 0) is 18.2 Å². The van der Waals surface area contributed by atoms with Gasteiger partial charge in [0, 0.05) is 11.8 Å². The van der Waals surface area contributed by atoms with E-state index < -0.39 is 24.3 Å². The maximum atomic E-state index is 12.5. The number of esters is 1. The number of aromatic nitrogens is 2. The summed E-state index contributed by atoms with van der Waals surface area (Å²) in [7, 11) is 1.28. The summed E-state index contributed by atoms with van der Waals surface area (Å²) in [6.45, 7) is 0.533. The third-order valence-electron chi connectivity index (χ3n) is 5.88. The number of methoxy groups -OCH3 is 1. The van der Waals surface area contributed by atoms with E-state index in [4.69, 9.17) is 18.9 Å². The third kappa shape index (κ3) is 4.93. The maximum Gasteiger partial charge on any atom is 0.412 e. The molecule has 10 nitrogen and oxygen atoms in total. The molecule has 10 heteroatoms. The van der Waals surface area contributed by atoms with Crippen molar-refractivity contribution in [1.29, 1.82) is 0 Å². The Balaban J connectivity index is 1.20. The van der Waals surface area contributed by atoms with E-state index >= 15 is 0 Å². The van der Waals surface area contributed by atoms with Crippen molar-refractivity contribution in [3.63, 3.8) is 0 Å². The quantitative estimate of drug-likeness (QED) is 0.517. The summed E-state index contributed by atoms with van der Waals surface area (Å²) in [5.41, 5.74) is 2.31. The average molecular weight is 476 g/mol. The van der Waals surface area contributed by atoms with Gasteiger partial charge in [-0.25, -0.2) is 19.6 Å². The number of nitrogens with one attached hydrogen (secondary N) is 2. The molecule has 2 fully saturated rings. The molecular weight excluding hydrogens is 452 g/mol. The molecule has 35 heavy (non-hydrogen) atoms. The number of fused-ring (bicyclic) bond motifs is 1.